The minimum Gasteiger partial charge on any atom is -0.307 e. The average Bonchev–Trinajstić information content (AvgIpc) is 3.32. The molecule has 5 rings (SSSR count). The highest BCUT2D eigenvalue weighted by molar-refractivity contribution is 9.10. The number of rotatable bonds is 6. The summed E-state index contributed by atoms with van der Waals surface area (Å²) in [5, 5.41) is 12.7. The molecule has 0 unspecified atom stereocenters. The first-order valence-electron chi connectivity index (χ1n) is 11.0. The van der Waals surface area contributed by atoms with Crippen LogP contribution in [0.15, 0.2) is 71.5 Å². The van der Waals surface area contributed by atoms with Gasteiger partial charge in [-0.1, -0.05) is 42.0 Å². The predicted molar refractivity (Wildman–Crippen MR) is 136 cm³/mol. The number of carbonyl (C=O) groups is 1. The summed E-state index contributed by atoms with van der Waals surface area (Å²) in [5.41, 5.74) is 5.37. The molecule has 35 heavy (non-hydrogen) atoms. The van der Waals surface area contributed by atoms with E-state index in [2.05, 4.69) is 42.5 Å². The third-order valence-corrected chi connectivity index (χ3v) is 6.24. The summed E-state index contributed by atoms with van der Waals surface area (Å²) < 4.78 is 17.4. The van der Waals surface area contributed by atoms with Crippen molar-refractivity contribution in [3.63, 3.8) is 0 Å². The van der Waals surface area contributed by atoms with Gasteiger partial charge in [-0.05, 0) is 64.7 Å². The zero-order valence-corrected chi connectivity index (χ0v) is 20.8. The van der Waals surface area contributed by atoms with Gasteiger partial charge in [-0.3, -0.25) is 9.48 Å². The summed E-state index contributed by atoms with van der Waals surface area (Å²) >= 11 is 3.48. The fourth-order valence-corrected chi connectivity index (χ4v) is 4.54. The van der Waals surface area contributed by atoms with E-state index >= 15 is 0 Å². The molecule has 0 aliphatic heterocycles. The molecule has 1 amide bonds. The number of pyridine rings is 1. The summed E-state index contributed by atoms with van der Waals surface area (Å²) in [4.78, 5) is 17.3. The number of carbonyl (C=O) groups excluding carboxylic acids is 1. The van der Waals surface area contributed by atoms with Crippen LogP contribution >= 0.6 is 15.9 Å². The van der Waals surface area contributed by atoms with Gasteiger partial charge in [0.05, 0.1) is 16.7 Å². The Hall–Kier alpha value is -3.85. The van der Waals surface area contributed by atoms with Gasteiger partial charge in [0, 0.05) is 17.8 Å². The van der Waals surface area contributed by atoms with Crippen LogP contribution in [0.3, 0.4) is 0 Å². The van der Waals surface area contributed by atoms with Crippen LogP contribution in [0.1, 0.15) is 16.8 Å². The van der Waals surface area contributed by atoms with Gasteiger partial charge >= 0.3 is 0 Å². The van der Waals surface area contributed by atoms with E-state index in [1.807, 2.05) is 44.3 Å². The molecule has 3 aromatic heterocycles. The van der Waals surface area contributed by atoms with E-state index in [9.17, 15) is 9.18 Å². The zero-order chi connectivity index (χ0) is 24.5. The van der Waals surface area contributed by atoms with Crippen LogP contribution in [-0.4, -0.2) is 30.5 Å². The summed E-state index contributed by atoms with van der Waals surface area (Å²) in [6.07, 6.45) is 3.50. The molecule has 5 aromatic rings. The summed E-state index contributed by atoms with van der Waals surface area (Å²) in [7, 11) is 0. The van der Waals surface area contributed by atoms with Gasteiger partial charge in [0.15, 0.2) is 11.5 Å². The standard InChI is InChI=1S/C26H22BrFN6O/c1-16-4-3-5-18(12-16)13-33-14-22(27)25(32-33)30-23(35)15-34-26-24(17(2)31-34)21(10-11-29-26)19-6-8-20(28)9-7-19/h3-12,14H,13,15H2,1-2H3,(H,30,32,35). The van der Waals surface area contributed by atoms with Crippen molar-refractivity contribution in [1.82, 2.24) is 24.5 Å². The number of nitrogens with zero attached hydrogens (tertiary/aromatic N) is 5. The Morgan fingerprint density at radius 1 is 1.09 bits per heavy atom. The molecule has 176 valence electrons. The van der Waals surface area contributed by atoms with Crippen molar-refractivity contribution < 1.29 is 9.18 Å². The molecule has 3 heterocycles. The lowest BCUT2D eigenvalue weighted by Crippen LogP contribution is -2.20. The third-order valence-electron chi connectivity index (χ3n) is 5.66. The van der Waals surface area contributed by atoms with Gasteiger partial charge in [0.2, 0.25) is 5.91 Å². The first-order chi connectivity index (χ1) is 16.9. The predicted octanol–water partition coefficient (Wildman–Crippen LogP) is 5.50. The number of nitrogens with one attached hydrogen (secondary N) is 1. The Morgan fingerprint density at radius 3 is 2.66 bits per heavy atom. The molecule has 0 bridgehead atoms. The Labute approximate surface area is 209 Å². The van der Waals surface area contributed by atoms with E-state index in [1.165, 1.54) is 17.7 Å². The number of amides is 1. The molecule has 0 radical (unpaired) electrons. The molecule has 0 aliphatic rings. The second kappa shape index (κ2) is 9.42. The van der Waals surface area contributed by atoms with Crippen molar-refractivity contribution in [2.24, 2.45) is 0 Å². The molecule has 0 atom stereocenters. The molecule has 1 N–H and O–H groups in total. The van der Waals surface area contributed by atoms with Gasteiger partial charge in [0.25, 0.3) is 0 Å². The molecule has 0 spiro atoms. The molecule has 0 fully saturated rings. The minimum absolute atomic E-state index is 0.0264. The number of hydrogen-bond donors (Lipinski definition) is 1. The lowest BCUT2D eigenvalue weighted by Gasteiger charge is -2.06. The van der Waals surface area contributed by atoms with Crippen molar-refractivity contribution in [1.29, 1.82) is 0 Å². The SMILES string of the molecule is Cc1cccc(Cn2cc(Br)c(NC(=O)Cn3nc(C)c4c(-c5ccc(F)cc5)ccnc43)n2)c1. The smallest absolute Gasteiger partial charge is 0.247 e. The summed E-state index contributed by atoms with van der Waals surface area (Å²) in [5.74, 6) is -0.128. The Kier molecular flexibility index (Phi) is 6.17. The van der Waals surface area contributed by atoms with Gasteiger partial charge in [0.1, 0.15) is 12.4 Å². The largest absolute Gasteiger partial charge is 0.307 e. The maximum Gasteiger partial charge on any atom is 0.247 e. The van der Waals surface area contributed by atoms with E-state index < -0.39 is 0 Å². The van der Waals surface area contributed by atoms with Crippen LogP contribution in [0, 0.1) is 19.7 Å². The van der Waals surface area contributed by atoms with E-state index in [0.717, 1.165) is 27.8 Å². The molecule has 0 saturated carbocycles. The first kappa shape index (κ1) is 22.9. The highest BCUT2D eigenvalue weighted by Gasteiger charge is 2.17. The molecule has 9 heteroatoms. The maximum absolute atomic E-state index is 13.4. The van der Waals surface area contributed by atoms with Crippen LogP contribution in [0.5, 0.6) is 0 Å². The topological polar surface area (TPSA) is 77.6 Å². The Bertz CT molecular complexity index is 1540. The van der Waals surface area contributed by atoms with Crippen molar-refractivity contribution in [2.75, 3.05) is 5.32 Å². The van der Waals surface area contributed by atoms with Crippen LogP contribution in [-0.2, 0) is 17.9 Å². The van der Waals surface area contributed by atoms with Gasteiger partial charge in [-0.2, -0.15) is 10.2 Å². The molecule has 0 saturated heterocycles. The lowest BCUT2D eigenvalue weighted by atomic mass is 10.0. The molecule has 0 aliphatic carbocycles. The number of halogens is 2. The second-order valence-corrected chi connectivity index (χ2v) is 9.22. The van der Waals surface area contributed by atoms with E-state index in [4.69, 9.17) is 0 Å². The van der Waals surface area contributed by atoms with Gasteiger partial charge in [-0.25, -0.2) is 14.1 Å². The monoisotopic (exact) mass is 532 g/mol. The highest BCUT2D eigenvalue weighted by Crippen LogP contribution is 2.30. The van der Waals surface area contributed by atoms with E-state index in [1.54, 1.807) is 27.7 Å². The fraction of sp³-hybridized carbons (Fsp3) is 0.154. The van der Waals surface area contributed by atoms with Crippen LogP contribution in [0.2, 0.25) is 0 Å². The minimum atomic E-state index is -0.296. The highest BCUT2D eigenvalue weighted by atomic mass is 79.9. The van der Waals surface area contributed by atoms with Gasteiger partial charge < -0.3 is 5.32 Å². The normalized spacial score (nSPS) is 11.2. The van der Waals surface area contributed by atoms with Crippen LogP contribution < -0.4 is 5.32 Å². The number of aromatic nitrogens is 5. The van der Waals surface area contributed by atoms with E-state index in [0.29, 0.717) is 22.5 Å². The van der Waals surface area contributed by atoms with E-state index in [-0.39, 0.29) is 18.3 Å². The third kappa shape index (κ3) is 4.85. The van der Waals surface area contributed by atoms with Crippen molar-refractivity contribution in [2.45, 2.75) is 26.9 Å². The van der Waals surface area contributed by atoms with Crippen molar-refractivity contribution in [3.8, 4) is 11.1 Å². The average molecular weight is 533 g/mol. The number of fused-ring (bicyclic) bond motifs is 1. The number of hydrogen-bond acceptors (Lipinski definition) is 4. The van der Waals surface area contributed by atoms with Crippen molar-refractivity contribution in [3.05, 3.63) is 94.1 Å². The maximum atomic E-state index is 13.4. The molecular weight excluding hydrogens is 511 g/mol. The van der Waals surface area contributed by atoms with Crippen molar-refractivity contribution >= 4 is 38.7 Å². The molecule has 7 nitrogen and oxygen atoms in total. The fourth-order valence-electron chi connectivity index (χ4n) is 4.13. The lowest BCUT2D eigenvalue weighted by molar-refractivity contribution is -0.116. The number of aryl methyl sites for hydroxylation is 2. The molecular formula is C26H22BrFN6O. The molecule has 2 aromatic carbocycles. The Balaban J connectivity index is 1.36. The van der Waals surface area contributed by atoms with Crippen LogP contribution in [0.25, 0.3) is 22.2 Å². The number of anilines is 1. The zero-order valence-electron chi connectivity index (χ0n) is 19.2. The first-order valence-corrected chi connectivity index (χ1v) is 11.8. The van der Waals surface area contributed by atoms with Crippen LogP contribution in [0.4, 0.5) is 10.2 Å². The van der Waals surface area contributed by atoms with Gasteiger partial charge in [-0.15, -0.1) is 0 Å². The summed E-state index contributed by atoms with van der Waals surface area (Å²) in [6, 6.07) is 16.4. The summed E-state index contributed by atoms with van der Waals surface area (Å²) in [6.45, 7) is 4.48. The Morgan fingerprint density at radius 2 is 1.89 bits per heavy atom. The quantitative estimate of drug-likeness (QED) is 0.313. The second-order valence-electron chi connectivity index (χ2n) is 8.37. The number of benzene rings is 2.